The molecular formula is C33H35N5O5. The smallest absolute Gasteiger partial charge is 0.311 e. The molecule has 10 nitrogen and oxygen atoms in total. The molecule has 43 heavy (non-hydrogen) atoms. The molecule has 2 aliphatic heterocycles. The van der Waals surface area contributed by atoms with Crippen molar-refractivity contribution in [1.82, 2.24) is 14.8 Å². The maximum Gasteiger partial charge on any atom is 0.311 e. The molecule has 3 aromatic rings. The molecule has 0 aliphatic carbocycles. The molecule has 0 bridgehead atoms. The Balaban J connectivity index is 1.07. The minimum absolute atomic E-state index is 0.0419. The van der Waals surface area contributed by atoms with Crippen molar-refractivity contribution < 1.29 is 19.2 Å². The van der Waals surface area contributed by atoms with E-state index in [1.54, 1.807) is 36.1 Å². The lowest BCUT2D eigenvalue weighted by Gasteiger charge is -2.32. The summed E-state index contributed by atoms with van der Waals surface area (Å²) in [6.45, 7) is 5.39. The molecule has 1 aromatic heterocycles. The van der Waals surface area contributed by atoms with Crippen LogP contribution in [-0.2, 0) is 6.54 Å². The van der Waals surface area contributed by atoms with Crippen molar-refractivity contribution in [2.24, 2.45) is 5.92 Å². The Morgan fingerprint density at radius 2 is 1.74 bits per heavy atom. The maximum absolute atomic E-state index is 13.1. The Hall–Kier alpha value is -4.62. The molecule has 5 rings (SSSR count). The van der Waals surface area contributed by atoms with Gasteiger partial charge < -0.3 is 9.64 Å². The highest BCUT2D eigenvalue weighted by Gasteiger charge is 2.28. The van der Waals surface area contributed by atoms with Crippen LogP contribution in [0.2, 0.25) is 0 Å². The van der Waals surface area contributed by atoms with E-state index >= 15 is 0 Å². The van der Waals surface area contributed by atoms with Crippen LogP contribution in [0.1, 0.15) is 69.6 Å². The van der Waals surface area contributed by atoms with Crippen molar-refractivity contribution >= 4 is 17.4 Å². The van der Waals surface area contributed by atoms with Gasteiger partial charge in [-0.1, -0.05) is 18.2 Å². The predicted molar refractivity (Wildman–Crippen MR) is 160 cm³/mol. The SMILES string of the molecule is Cc1ccc(OC2CCN(C(=O)c3ccc(C(=O)CC4CCN(Cc5ccc(C#N)cc5)CC4)cn3)CC2)c([N+](=O)[O-])c1. The van der Waals surface area contributed by atoms with Crippen LogP contribution in [0.15, 0.2) is 60.8 Å². The number of nitrogens with zero attached hydrogens (tertiary/aromatic N) is 5. The van der Waals surface area contributed by atoms with E-state index in [0.717, 1.165) is 38.0 Å². The molecule has 0 unspecified atom stereocenters. The highest BCUT2D eigenvalue weighted by Crippen LogP contribution is 2.30. The number of hydrogen-bond acceptors (Lipinski definition) is 8. The summed E-state index contributed by atoms with van der Waals surface area (Å²) in [4.78, 5) is 45.4. The quantitative estimate of drug-likeness (QED) is 0.188. The van der Waals surface area contributed by atoms with Gasteiger partial charge in [0.15, 0.2) is 11.5 Å². The summed E-state index contributed by atoms with van der Waals surface area (Å²) in [5, 5.41) is 20.4. The van der Waals surface area contributed by atoms with E-state index in [1.807, 2.05) is 24.3 Å². The van der Waals surface area contributed by atoms with Crippen molar-refractivity contribution in [2.75, 3.05) is 26.2 Å². The summed E-state index contributed by atoms with van der Waals surface area (Å²) >= 11 is 0. The molecule has 2 aliphatic rings. The van der Waals surface area contributed by atoms with Crippen molar-refractivity contribution in [3.05, 3.63) is 98.9 Å². The largest absolute Gasteiger partial charge is 0.483 e. The van der Waals surface area contributed by atoms with Crippen LogP contribution in [0.4, 0.5) is 5.69 Å². The number of Topliss-reactive ketones (excluding diaryl/α,β-unsaturated/α-hetero) is 1. The second kappa shape index (κ2) is 13.6. The fourth-order valence-corrected chi connectivity index (χ4v) is 5.74. The lowest BCUT2D eigenvalue weighted by atomic mass is 9.90. The molecule has 10 heteroatoms. The van der Waals surface area contributed by atoms with Gasteiger partial charge in [0.25, 0.3) is 5.91 Å². The maximum atomic E-state index is 13.1. The lowest BCUT2D eigenvalue weighted by Crippen LogP contribution is -2.42. The van der Waals surface area contributed by atoms with Crippen LogP contribution in [0.25, 0.3) is 0 Å². The summed E-state index contributed by atoms with van der Waals surface area (Å²) in [5.74, 6) is 0.403. The number of piperidine rings is 2. The number of aromatic nitrogens is 1. The van der Waals surface area contributed by atoms with E-state index in [1.165, 1.54) is 17.8 Å². The highest BCUT2D eigenvalue weighted by molar-refractivity contribution is 5.97. The lowest BCUT2D eigenvalue weighted by molar-refractivity contribution is -0.386. The molecule has 0 atom stereocenters. The first-order chi connectivity index (χ1) is 20.8. The van der Waals surface area contributed by atoms with Gasteiger partial charge in [0, 0.05) is 56.7 Å². The molecule has 0 saturated carbocycles. The minimum Gasteiger partial charge on any atom is -0.483 e. The third-order valence-electron chi connectivity index (χ3n) is 8.31. The van der Waals surface area contributed by atoms with Gasteiger partial charge in [0.2, 0.25) is 0 Å². The zero-order valence-electron chi connectivity index (χ0n) is 24.3. The van der Waals surface area contributed by atoms with Gasteiger partial charge in [-0.2, -0.15) is 5.26 Å². The Bertz CT molecular complexity index is 1500. The highest BCUT2D eigenvalue weighted by atomic mass is 16.6. The monoisotopic (exact) mass is 581 g/mol. The predicted octanol–water partition coefficient (Wildman–Crippen LogP) is 5.34. The fourth-order valence-electron chi connectivity index (χ4n) is 5.74. The first-order valence-corrected chi connectivity index (χ1v) is 14.7. The van der Waals surface area contributed by atoms with E-state index < -0.39 is 4.92 Å². The van der Waals surface area contributed by atoms with Gasteiger partial charge in [0.05, 0.1) is 16.6 Å². The Morgan fingerprint density at radius 1 is 1.02 bits per heavy atom. The van der Waals surface area contributed by atoms with Gasteiger partial charge in [-0.25, -0.2) is 0 Å². The van der Waals surface area contributed by atoms with Crippen LogP contribution in [0, 0.1) is 34.3 Å². The second-order valence-electron chi connectivity index (χ2n) is 11.4. The first kappa shape index (κ1) is 29.9. The molecule has 0 N–H and O–H groups in total. The fraction of sp³-hybridized carbons (Fsp3) is 0.394. The number of ether oxygens (including phenoxy) is 1. The minimum atomic E-state index is -0.440. The number of amides is 1. The number of likely N-dealkylation sites (tertiary alicyclic amines) is 2. The average Bonchev–Trinajstić information content (AvgIpc) is 3.03. The third-order valence-corrected chi connectivity index (χ3v) is 8.31. The Kier molecular flexibility index (Phi) is 9.42. The normalized spacial score (nSPS) is 16.4. The Labute approximate surface area is 251 Å². The van der Waals surface area contributed by atoms with E-state index in [2.05, 4.69) is 16.0 Å². The molecule has 2 saturated heterocycles. The number of carbonyl (C=O) groups is 2. The zero-order chi connectivity index (χ0) is 30.3. The summed E-state index contributed by atoms with van der Waals surface area (Å²) in [7, 11) is 0. The Morgan fingerprint density at radius 3 is 2.37 bits per heavy atom. The molecule has 0 radical (unpaired) electrons. The standard InChI is InChI=1S/C33H35N5O5/c1-23-2-9-32(30(18-23)38(41)42)43-28-12-16-37(17-13-28)33(40)29-8-7-27(21-35-29)31(39)19-24-10-14-36(15-11-24)22-26-5-3-25(20-34)4-6-26/h2-9,18,21,24,28H,10-17,19,22H2,1H3. The third kappa shape index (κ3) is 7.62. The van der Waals surface area contributed by atoms with Gasteiger partial charge in [-0.15, -0.1) is 0 Å². The number of rotatable bonds is 9. The van der Waals surface area contributed by atoms with Crippen LogP contribution in [0.5, 0.6) is 5.75 Å². The number of carbonyl (C=O) groups excluding carboxylic acids is 2. The number of nitro benzene ring substituents is 1. The molecule has 2 fully saturated rings. The number of benzene rings is 2. The number of nitriles is 1. The van der Waals surface area contributed by atoms with Gasteiger partial charge >= 0.3 is 5.69 Å². The zero-order valence-corrected chi connectivity index (χ0v) is 24.3. The topological polar surface area (TPSA) is 130 Å². The first-order valence-electron chi connectivity index (χ1n) is 14.7. The number of hydrogen-bond donors (Lipinski definition) is 0. The number of aryl methyl sites for hydroxylation is 1. The summed E-state index contributed by atoms with van der Waals surface area (Å²) in [6.07, 6.45) is 4.75. The van der Waals surface area contributed by atoms with Crippen molar-refractivity contribution in [3.63, 3.8) is 0 Å². The van der Waals surface area contributed by atoms with Gasteiger partial charge in [0.1, 0.15) is 11.8 Å². The van der Waals surface area contributed by atoms with Crippen molar-refractivity contribution in [3.8, 4) is 11.8 Å². The summed E-state index contributed by atoms with van der Waals surface area (Å²) in [6, 6.07) is 18.0. The van der Waals surface area contributed by atoms with E-state index in [0.29, 0.717) is 55.1 Å². The van der Waals surface area contributed by atoms with Crippen molar-refractivity contribution in [2.45, 2.75) is 51.7 Å². The summed E-state index contributed by atoms with van der Waals surface area (Å²) < 4.78 is 5.94. The molecular weight excluding hydrogens is 546 g/mol. The molecule has 2 aromatic carbocycles. The van der Waals surface area contributed by atoms with E-state index in [4.69, 9.17) is 10.00 Å². The number of nitro groups is 1. The number of ketones is 1. The van der Waals surface area contributed by atoms with Gasteiger partial charge in [-0.05, 0) is 80.2 Å². The second-order valence-corrected chi connectivity index (χ2v) is 11.4. The van der Waals surface area contributed by atoms with Crippen LogP contribution >= 0.6 is 0 Å². The molecule has 222 valence electrons. The molecule has 1 amide bonds. The molecule has 0 spiro atoms. The molecule has 3 heterocycles. The number of pyridine rings is 1. The van der Waals surface area contributed by atoms with Crippen LogP contribution in [0.3, 0.4) is 0 Å². The van der Waals surface area contributed by atoms with Gasteiger partial charge in [-0.3, -0.25) is 29.6 Å². The van der Waals surface area contributed by atoms with Crippen LogP contribution in [-0.4, -0.2) is 63.7 Å². The van der Waals surface area contributed by atoms with E-state index in [-0.39, 0.29) is 29.2 Å². The van der Waals surface area contributed by atoms with Crippen LogP contribution < -0.4 is 4.74 Å². The summed E-state index contributed by atoms with van der Waals surface area (Å²) in [5.41, 5.74) is 3.39. The van der Waals surface area contributed by atoms with Crippen molar-refractivity contribution in [1.29, 1.82) is 5.26 Å². The average molecular weight is 582 g/mol. The van der Waals surface area contributed by atoms with E-state index in [9.17, 15) is 19.7 Å².